The summed E-state index contributed by atoms with van der Waals surface area (Å²) in [4.78, 5) is 0. The maximum atomic E-state index is 6.32. The first-order valence-electron chi connectivity index (χ1n) is 6.32. The third-order valence-electron chi connectivity index (χ3n) is 3.74. The molecule has 1 fully saturated rings. The number of rotatable bonds is 3. The van der Waals surface area contributed by atoms with Crippen molar-refractivity contribution < 1.29 is 0 Å². The molecule has 1 aromatic rings. The summed E-state index contributed by atoms with van der Waals surface area (Å²) in [6.45, 7) is 1.07. The summed E-state index contributed by atoms with van der Waals surface area (Å²) in [6.07, 6.45) is 5.19. The van der Waals surface area contributed by atoms with Gasteiger partial charge in [-0.05, 0) is 56.0 Å². The second-order valence-electron chi connectivity index (χ2n) is 4.87. The van der Waals surface area contributed by atoms with Crippen molar-refractivity contribution in [2.75, 3.05) is 13.6 Å². The largest absolute Gasteiger partial charge is 0.319 e. The zero-order valence-electron chi connectivity index (χ0n) is 10.2. The minimum absolute atomic E-state index is 0.584. The van der Waals surface area contributed by atoms with Crippen LogP contribution in [0, 0.1) is 5.92 Å². The zero-order chi connectivity index (χ0) is 12.3. The van der Waals surface area contributed by atoms with E-state index in [0.717, 1.165) is 16.6 Å². The molecule has 0 aromatic heterocycles. The van der Waals surface area contributed by atoms with E-state index < -0.39 is 0 Å². The molecule has 1 nitrogen and oxygen atoms in total. The van der Waals surface area contributed by atoms with E-state index >= 15 is 0 Å². The van der Waals surface area contributed by atoms with E-state index in [9.17, 15) is 0 Å². The van der Waals surface area contributed by atoms with Crippen molar-refractivity contribution in [1.82, 2.24) is 5.32 Å². The number of hydrogen-bond acceptors (Lipinski definition) is 1. The first-order valence-corrected chi connectivity index (χ1v) is 7.07. The van der Waals surface area contributed by atoms with Gasteiger partial charge in [0.05, 0.1) is 0 Å². The maximum absolute atomic E-state index is 6.32. The van der Waals surface area contributed by atoms with Crippen molar-refractivity contribution in [2.24, 2.45) is 5.92 Å². The first-order chi connectivity index (χ1) is 8.22. The highest BCUT2D eigenvalue weighted by Crippen LogP contribution is 2.40. The average Bonchev–Trinajstić information content (AvgIpc) is 2.31. The molecule has 1 aliphatic rings. The van der Waals surface area contributed by atoms with Crippen LogP contribution in [0.3, 0.4) is 0 Å². The molecule has 0 amide bonds. The predicted octanol–water partition coefficient (Wildman–Crippen LogP) is 4.49. The number of halogens is 2. The van der Waals surface area contributed by atoms with E-state index in [0.29, 0.717) is 11.8 Å². The van der Waals surface area contributed by atoms with Crippen molar-refractivity contribution in [1.29, 1.82) is 0 Å². The summed E-state index contributed by atoms with van der Waals surface area (Å²) < 4.78 is 0. The molecule has 94 valence electrons. The second kappa shape index (κ2) is 6.08. The quantitative estimate of drug-likeness (QED) is 0.855. The first kappa shape index (κ1) is 13.2. The molecule has 0 saturated heterocycles. The van der Waals surface area contributed by atoms with E-state index in [4.69, 9.17) is 23.2 Å². The molecule has 0 radical (unpaired) electrons. The van der Waals surface area contributed by atoms with Crippen LogP contribution in [0.4, 0.5) is 0 Å². The molecule has 1 N–H and O–H groups in total. The Hall–Kier alpha value is -0.240. The fourth-order valence-electron chi connectivity index (χ4n) is 2.93. The van der Waals surface area contributed by atoms with Gasteiger partial charge in [0.25, 0.3) is 0 Å². The SMILES string of the molecule is CNCC1CCCCC1c1ccc(Cl)cc1Cl. The summed E-state index contributed by atoms with van der Waals surface area (Å²) in [5.74, 6) is 1.29. The molecule has 0 aliphatic heterocycles. The van der Waals surface area contributed by atoms with Gasteiger partial charge in [-0.15, -0.1) is 0 Å². The molecule has 1 aliphatic carbocycles. The topological polar surface area (TPSA) is 12.0 Å². The zero-order valence-corrected chi connectivity index (χ0v) is 11.7. The lowest BCUT2D eigenvalue weighted by Gasteiger charge is -2.32. The predicted molar refractivity (Wildman–Crippen MR) is 75.1 cm³/mol. The van der Waals surface area contributed by atoms with Crippen LogP contribution in [-0.2, 0) is 0 Å². The molecule has 17 heavy (non-hydrogen) atoms. The lowest BCUT2D eigenvalue weighted by molar-refractivity contribution is 0.301. The normalized spacial score (nSPS) is 24.9. The summed E-state index contributed by atoms with van der Waals surface area (Å²) >= 11 is 12.3. The summed E-state index contributed by atoms with van der Waals surface area (Å²) in [6, 6.07) is 5.92. The third kappa shape index (κ3) is 3.15. The molecule has 0 bridgehead atoms. The van der Waals surface area contributed by atoms with E-state index in [1.807, 2.05) is 19.2 Å². The second-order valence-corrected chi connectivity index (χ2v) is 5.72. The van der Waals surface area contributed by atoms with Gasteiger partial charge in [0.15, 0.2) is 0 Å². The molecular formula is C14H19Cl2N. The van der Waals surface area contributed by atoms with Crippen LogP contribution < -0.4 is 5.32 Å². The Bertz CT molecular complexity index is 376. The molecule has 2 atom stereocenters. The van der Waals surface area contributed by atoms with Crippen molar-refractivity contribution >= 4 is 23.2 Å². The smallest absolute Gasteiger partial charge is 0.0455 e. The Morgan fingerprint density at radius 2 is 2.00 bits per heavy atom. The molecule has 2 unspecified atom stereocenters. The van der Waals surface area contributed by atoms with Crippen LogP contribution in [-0.4, -0.2) is 13.6 Å². The van der Waals surface area contributed by atoms with Gasteiger partial charge in [0.2, 0.25) is 0 Å². The summed E-state index contributed by atoms with van der Waals surface area (Å²) in [5.41, 5.74) is 1.27. The van der Waals surface area contributed by atoms with Gasteiger partial charge in [0.1, 0.15) is 0 Å². The van der Waals surface area contributed by atoms with Crippen LogP contribution in [0.15, 0.2) is 18.2 Å². The van der Waals surface area contributed by atoms with E-state index in [1.54, 1.807) is 0 Å². The number of nitrogens with one attached hydrogen (secondary N) is 1. The van der Waals surface area contributed by atoms with Gasteiger partial charge in [-0.25, -0.2) is 0 Å². The maximum Gasteiger partial charge on any atom is 0.0455 e. The van der Waals surface area contributed by atoms with Crippen LogP contribution in [0.2, 0.25) is 10.0 Å². The van der Waals surface area contributed by atoms with Crippen molar-refractivity contribution in [3.05, 3.63) is 33.8 Å². The Kier molecular flexibility index (Phi) is 4.72. The van der Waals surface area contributed by atoms with Gasteiger partial charge in [-0.1, -0.05) is 42.1 Å². The highest BCUT2D eigenvalue weighted by Gasteiger charge is 2.27. The molecule has 0 spiro atoms. The van der Waals surface area contributed by atoms with Gasteiger partial charge in [-0.3, -0.25) is 0 Å². The molecule has 3 heteroatoms. The highest BCUT2D eigenvalue weighted by atomic mass is 35.5. The lowest BCUT2D eigenvalue weighted by atomic mass is 9.75. The van der Waals surface area contributed by atoms with Crippen LogP contribution in [0.1, 0.15) is 37.2 Å². The Balaban J connectivity index is 2.23. The molecule has 0 heterocycles. The van der Waals surface area contributed by atoms with Crippen molar-refractivity contribution in [3.63, 3.8) is 0 Å². The minimum atomic E-state index is 0.584. The Labute approximate surface area is 114 Å². The minimum Gasteiger partial charge on any atom is -0.319 e. The molecule has 1 aromatic carbocycles. The summed E-state index contributed by atoms with van der Waals surface area (Å²) in [5, 5.41) is 4.85. The van der Waals surface area contributed by atoms with Crippen LogP contribution in [0.5, 0.6) is 0 Å². The van der Waals surface area contributed by atoms with Crippen molar-refractivity contribution in [2.45, 2.75) is 31.6 Å². The van der Waals surface area contributed by atoms with E-state index in [2.05, 4.69) is 11.4 Å². The van der Waals surface area contributed by atoms with Gasteiger partial charge >= 0.3 is 0 Å². The fourth-order valence-corrected chi connectivity index (χ4v) is 3.47. The van der Waals surface area contributed by atoms with Crippen LogP contribution in [0.25, 0.3) is 0 Å². The molecule has 1 saturated carbocycles. The van der Waals surface area contributed by atoms with Gasteiger partial charge in [-0.2, -0.15) is 0 Å². The number of hydrogen-bond donors (Lipinski definition) is 1. The van der Waals surface area contributed by atoms with Gasteiger partial charge in [0, 0.05) is 10.0 Å². The Morgan fingerprint density at radius 1 is 1.24 bits per heavy atom. The summed E-state index contributed by atoms with van der Waals surface area (Å²) in [7, 11) is 2.02. The third-order valence-corrected chi connectivity index (χ3v) is 4.30. The molecular weight excluding hydrogens is 253 g/mol. The fraction of sp³-hybridized carbons (Fsp3) is 0.571. The lowest BCUT2D eigenvalue weighted by Crippen LogP contribution is -2.27. The van der Waals surface area contributed by atoms with E-state index in [-0.39, 0.29) is 0 Å². The van der Waals surface area contributed by atoms with E-state index in [1.165, 1.54) is 31.2 Å². The van der Waals surface area contributed by atoms with Crippen molar-refractivity contribution in [3.8, 4) is 0 Å². The van der Waals surface area contributed by atoms with Gasteiger partial charge < -0.3 is 5.32 Å². The van der Waals surface area contributed by atoms with Crippen LogP contribution >= 0.6 is 23.2 Å². The average molecular weight is 272 g/mol. The monoisotopic (exact) mass is 271 g/mol. The highest BCUT2D eigenvalue weighted by molar-refractivity contribution is 6.35. The Morgan fingerprint density at radius 3 is 2.71 bits per heavy atom. The number of benzene rings is 1. The standard InChI is InChI=1S/C14H19Cl2N/c1-17-9-10-4-2-3-5-12(10)13-7-6-11(15)8-14(13)16/h6-8,10,12,17H,2-5,9H2,1H3. The molecule has 2 rings (SSSR count).